The van der Waals surface area contributed by atoms with Crippen LogP contribution in [0.5, 0.6) is 0 Å². The summed E-state index contributed by atoms with van der Waals surface area (Å²) in [5, 5.41) is 29.5. The monoisotopic (exact) mass is 407 g/mol. The SMILES string of the molecule is N#Cc1c(N)[nH]c(=O)c(C#N)c1-c1cccc([N+](=O)[O-])c1I. The molecule has 0 fully saturated rings. The van der Waals surface area contributed by atoms with Crippen LogP contribution in [0.25, 0.3) is 11.1 Å². The highest BCUT2D eigenvalue weighted by Crippen LogP contribution is 2.35. The van der Waals surface area contributed by atoms with Crippen molar-refractivity contribution >= 4 is 34.1 Å². The predicted octanol–water partition coefficient (Wildman–Crippen LogP) is 1.88. The van der Waals surface area contributed by atoms with Crippen molar-refractivity contribution in [1.29, 1.82) is 10.5 Å². The van der Waals surface area contributed by atoms with Crippen molar-refractivity contribution in [2.75, 3.05) is 5.73 Å². The minimum absolute atomic E-state index is 0.000602. The van der Waals surface area contributed by atoms with Gasteiger partial charge in [0.1, 0.15) is 29.1 Å². The fourth-order valence-electron chi connectivity index (χ4n) is 1.97. The summed E-state index contributed by atoms with van der Waals surface area (Å²) < 4.78 is 0.211. The number of pyridine rings is 1. The first-order chi connectivity index (χ1) is 10.4. The number of hydrogen-bond acceptors (Lipinski definition) is 6. The molecule has 0 aliphatic carbocycles. The summed E-state index contributed by atoms with van der Waals surface area (Å²) in [4.78, 5) is 24.5. The van der Waals surface area contributed by atoms with Gasteiger partial charge in [-0.25, -0.2) is 0 Å². The Hall–Kier alpha value is -2.92. The molecule has 2 rings (SSSR count). The maximum atomic E-state index is 11.9. The first-order valence-electron chi connectivity index (χ1n) is 5.71. The van der Waals surface area contributed by atoms with Gasteiger partial charge in [0.15, 0.2) is 0 Å². The lowest BCUT2D eigenvalue weighted by molar-refractivity contribution is -0.385. The second kappa shape index (κ2) is 5.83. The van der Waals surface area contributed by atoms with Crippen molar-refractivity contribution in [3.8, 4) is 23.3 Å². The Morgan fingerprint density at radius 1 is 1.27 bits per heavy atom. The van der Waals surface area contributed by atoms with E-state index >= 15 is 0 Å². The third-order valence-electron chi connectivity index (χ3n) is 2.91. The summed E-state index contributed by atoms with van der Waals surface area (Å²) in [6.07, 6.45) is 0. The molecule has 1 aromatic carbocycles. The highest BCUT2D eigenvalue weighted by atomic mass is 127. The van der Waals surface area contributed by atoms with Crippen LogP contribution < -0.4 is 11.3 Å². The van der Waals surface area contributed by atoms with Crippen LogP contribution in [0.15, 0.2) is 23.0 Å². The summed E-state index contributed by atoms with van der Waals surface area (Å²) >= 11 is 1.74. The molecule has 22 heavy (non-hydrogen) atoms. The molecule has 3 N–H and O–H groups in total. The molecule has 0 aliphatic rings. The first kappa shape index (κ1) is 15.5. The summed E-state index contributed by atoms with van der Waals surface area (Å²) in [5.74, 6) is -0.191. The molecule has 0 saturated carbocycles. The van der Waals surface area contributed by atoms with E-state index in [1.165, 1.54) is 18.2 Å². The summed E-state index contributed by atoms with van der Waals surface area (Å²) in [5.41, 5.74) is 4.49. The lowest BCUT2D eigenvalue weighted by Crippen LogP contribution is -2.16. The summed E-state index contributed by atoms with van der Waals surface area (Å²) in [6, 6.07) is 7.73. The second-order valence-electron chi connectivity index (χ2n) is 4.11. The summed E-state index contributed by atoms with van der Waals surface area (Å²) in [6.45, 7) is 0. The molecule has 0 aliphatic heterocycles. The van der Waals surface area contributed by atoms with E-state index < -0.39 is 10.5 Å². The number of nitrogen functional groups attached to an aromatic ring is 1. The number of nitriles is 2. The first-order valence-corrected chi connectivity index (χ1v) is 6.79. The number of nitrogens with one attached hydrogen (secondary N) is 1. The van der Waals surface area contributed by atoms with Crippen LogP contribution >= 0.6 is 22.6 Å². The van der Waals surface area contributed by atoms with Crippen molar-refractivity contribution in [2.24, 2.45) is 0 Å². The van der Waals surface area contributed by atoms with Gasteiger partial charge >= 0.3 is 0 Å². The molecule has 2 aromatic rings. The number of rotatable bonds is 2. The fraction of sp³-hybridized carbons (Fsp3) is 0. The van der Waals surface area contributed by atoms with Gasteiger partial charge in [-0.2, -0.15) is 10.5 Å². The molecular weight excluding hydrogens is 401 g/mol. The number of aromatic nitrogens is 1. The van der Waals surface area contributed by atoms with E-state index in [0.29, 0.717) is 0 Å². The normalized spacial score (nSPS) is 9.77. The lowest BCUT2D eigenvalue weighted by atomic mass is 9.96. The standard InChI is InChI=1S/C13H6IN5O3/c14-11-6(2-1-3-9(11)19(21)22)10-7(4-15)12(17)18-13(20)8(10)5-16/h1-3H,(H3,17,18,20). The zero-order chi connectivity index (χ0) is 16.4. The fourth-order valence-corrected chi connectivity index (χ4v) is 2.79. The minimum Gasteiger partial charge on any atom is -0.384 e. The largest absolute Gasteiger partial charge is 0.384 e. The molecule has 8 nitrogen and oxygen atoms in total. The quantitative estimate of drug-likeness (QED) is 0.441. The van der Waals surface area contributed by atoms with E-state index in [0.717, 1.165) is 0 Å². The molecule has 1 heterocycles. The molecule has 0 radical (unpaired) electrons. The van der Waals surface area contributed by atoms with Crippen molar-refractivity contribution in [3.05, 3.63) is 53.4 Å². The highest BCUT2D eigenvalue weighted by Gasteiger charge is 2.23. The minimum atomic E-state index is -0.753. The van der Waals surface area contributed by atoms with Crippen molar-refractivity contribution < 1.29 is 4.92 Å². The van der Waals surface area contributed by atoms with E-state index in [4.69, 9.17) is 5.73 Å². The van der Waals surface area contributed by atoms with E-state index in [1.54, 1.807) is 28.7 Å². The van der Waals surface area contributed by atoms with Crippen molar-refractivity contribution in [3.63, 3.8) is 0 Å². The van der Waals surface area contributed by atoms with Crippen LogP contribution in [-0.2, 0) is 0 Å². The topological polar surface area (TPSA) is 150 Å². The van der Waals surface area contributed by atoms with E-state index in [9.17, 15) is 25.4 Å². The highest BCUT2D eigenvalue weighted by molar-refractivity contribution is 14.1. The molecular formula is C13H6IN5O3. The molecule has 0 atom stereocenters. The molecule has 0 saturated heterocycles. The number of benzene rings is 1. The molecule has 0 amide bonds. The number of anilines is 1. The van der Waals surface area contributed by atoms with Gasteiger partial charge in [0.25, 0.3) is 11.2 Å². The van der Waals surface area contributed by atoms with Crippen LogP contribution in [0, 0.1) is 36.3 Å². The molecule has 9 heteroatoms. The molecule has 0 spiro atoms. The number of aromatic amines is 1. The number of hydrogen-bond donors (Lipinski definition) is 2. The zero-order valence-electron chi connectivity index (χ0n) is 10.8. The zero-order valence-corrected chi connectivity index (χ0v) is 12.9. The third kappa shape index (κ3) is 2.38. The van der Waals surface area contributed by atoms with Gasteiger partial charge in [0, 0.05) is 17.2 Å². The molecule has 0 unspecified atom stereocenters. The predicted molar refractivity (Wildman–Crippen MR) is 85.7 cm³/mol. The lowest BCUT2D eigenvalue weighted by Gasteiger charge is -2.10. The molecule has 0 bridgehead atoms. The van der Waals surface area contributed by atoms with Gasteiger partial charge in [-0.15, -0.1) is 0 Å². The molecule has 108 valence electrons. The Morgan fingerprint density at radius 2 is 1.91 bits per heavy atom. The van der Waals surface area contributed by atoms with Crippen molar-refractivity contribution in [1.82, 2.24) is 4.98 Å². The van der Waals surface area contributed by atoms with Gasteiger partial charge in [-0.05, 0) is 22.6 Å². The average Bonchev–Trinajstić information content (AvgIpc) is 2.46. The Bertz CT molecular complexity index is 936. The Kier molecular flexibility index (Phi) is 4.10. The number of nitrogens with zero attached hydrogens (tertiary/aromatic N) is 3. The maximum absolute atomic E-state index is 11.9. The van der Waals surface area contributed by atoms with Gasteiger partial charge in [-0.1, -0.05) is 12.1 Å². The average molecular weight is 407 g/mol. The van der Waals surface area contributed by atoms with Crippen LogP contribution in [0.4, 0.5) is 11.5 Å². The Balaban J connectivity index is 3.00. The van der Waals surface area contributed by atoms with Crippen molar-refractivity contribution in [2.45, 2.75) is 0 Å². The second-order valence-corrected chi connectivity index (χ2v) is 5.19. The number of nitro benzene ring substituents is 1. The number of nitrogens with two attached hydrogens (primary N) is 1. The van der Waals surface area contributed by atoms with E-state index in [-0.39, 0.29) is 37.3 Å². The van der Waals surface area contributed by atoms with Gasteiger partial charge < -0.3 is 10.7 Å². The maximum Gasteiger partial charge on any atom is 0.283 e. The van der Waals surface area contributed by atoms with Gasteiger partial charge in [0.2, 0.25) is 0 Å². The van der Waals surface area contributed by atoms with Crippen LogP contribution in [0.2, 0.25) is 0 Å². The van der Waals surface area contributed by atoms with Gasteiger partial charge in [-0.3, -0.25) is 14.9 Å². The van der Waals surface area contributed by atoms with E-state index in [2.05, 4.69) is 4.98 Å². The summed E-state index contributed by atoms with van der Waals surface area (Å²) in [7, 11) is 0. The number of H-pyrrole nitrogens is 1. The van der Waals surface area contributed by atoms with E-state index in [1.807, 2.05) is 6.07 Å². The van der Waals surface area contributed by atoms with Crippen LogP contribution in [0.1, 0.15) is 11.1 Å². The third-order valence-corrected chi connectivity index (χ3v) is 4.05. The number of nitro groups is 1. The van der Waals surface area contributed by atoms with Gasteiger partial charge in [0.05, 0.1) is 8.49 Å². The smallest absolute Gasteiger partial charge is 0.283 e. The van der Waals surface area contributed by atoms with Crippen LogP contribution in [0.3, 0.4) is 0 Å². The Labute approximate surface area is 137 Å². The van der Waals surface area contributed by atoms with Crippen LogP contribution in [-0.4, -0.2) is 9.91 Å². The number of halogens is 1. The Morgan fingerprint density at radius 3 is 2.45 bits per heavy atom. The molecule has 1 aromatic heterocycles.